The van der Waals surface area contributed by atoms with Gasteiger partial charge in [0.05, 0.1) is 17.6 Å². The largest absolute Gasteiger partial charge is 0.369 e. The Balaban J connectivity index is 2.16. The fourth-order valence-corrected chi connectivity index (χ4v) is 2.70. The first-order valence-electron chi connectivity index (χ1n) is 7.46. The third-order valence-electron chi connectivity index (χ3n) is 4.11. The molecule has 0 unspecified atom stereocenters. The Kier molecular flexibility index (Phi) is 4.75. The summed E-state index contributed by atoms with van der Waals surface area (Å²) in [6, 6.07) is 0. The van der Waals surface area contributed by atoms with Crippen LogP contribution in [-0.2, 0) is 6.54 Å². The van der Waals surface area contributed by atoms with Crippen LogP contribution >= 0.6 is 0 Å². The van der Waals surface area contributed by atoms with Crippen LogP contribution in [0.4, 0.5) is 5.69 Å². The lowest BCUT2D eigenvalue weighted by Gasteiger charge is -2.34. The fourth-order valence-electron chi connectivity index (χ4n) is 2.70. The Labute approximate surface area is 116 Å². The Morgan fingerprint density at radius 3 is 2.58 bits per heavy atom. The molecule has 1 aromatic heterocycles. The van der Waals surface area contributed by atoms with E-state index in [4.69, 9.17) is 5.73 Å². The summed E-state index contributed by atoms with van der Waals surface area (Å²) in [5.74, 6) is 2.13. The molecule has 106 valence electrons. The average Bonchev–Trinajstić information content (AvgIpc) is 2.46. The molecule has 0 amide bonds. The maximum Gasteiger partial charge on any atom is 0.131 e. The summed E-state index contributed by atoms with van der Waals surface area (Å²) in [4.78, 5) is 11.5. The van der Waals surface area contributed by atoms with Gasteiger partial charge in [-0.15, -0.1) is 0 Å². The summed E-state index contributed by atoms with van der Waals surface area (Å²) in [7, 11) is 0. The normalized spacial score (nSPS) is 17.2. The van der Waals surface area contributed by atoms with Gasteiger partial charge in [0.25, 0.3) is 0 Å². The maximum absolute atomic E-state index is 5.86. The van der Waals surface area contributed by atoms with Crippen molar-refractivity contribution in [2.45, 2.75) is 52.5 Å². The number of nitrogens with zero attached hydrogens (tertiary/aromatic N) is 3. The van der Waals surface area contributed by atoms with Gasteiger partial charge in [0.15, 0.2) is 0 Å². The zero-order valence-corrected chi connectivity index (χ0v) is 12.4. The van der Waals surface area contributed by atoms with Crippen molar-refractivity contribution in [3.05, 3.63) is 17.7 Å². The van der Waals surface area contributed by atoms with Crippen LogP contribution in [0.2, 0.25) is 0 Å². The van der Waals surface area contributed by atoms with Gasteiger partial charge in [0, 0.05) is 25.6 Å². The monoisotopic (exact) mass is 262 g/mol. The van der Waals surface area contributed by atoms with Crippen LogP contribution in [0.15, 0.2) is 6.20 Å². The predicted octanol–water partition coefficient (Wildman–Crippen LogP) is 2.69. The van der Waals surface area contributed by atoms with Crippen LogP contribution < -0.4 is 10.6 Å². The molecule has 4 heteroatoms. The van der Waals surface area contributed by atoms with E-state index in [1.165, 1.54) is 19.3 Å². The molecule has 0 atom stereocenters. The Morgan fingerprint density at radius 1 is 1.37 bits per heavy atom. The van der Waals surface area contributed by atoms with E-state index < -0.39 is 0 Å². The van der Waals surface area contributed by atoms with Gasteiger partial charge in [0.1, 0.15) is 5.82 Å². The van der Waals surface area contributed by atoms with Crippen molar-refractivity contribution >= 4 is 5.69 Å². The minimum absolute atomic E-state index is 0.352. The van der Waals surface area contributed by atoms with E-state index in [2.05, 4.69) is 35.6 Å². The zero-order valence-electron chi connectivity index (χ0n) is 12.4. The Morgan fingerprint density at radius 2 is 2.05 bits per heavy atom. The van der Waals surface area contributed by atoms with Crippen molar-refractivity contribution in [2.75, 3.05) is 18.0 Å². The average molecular weight is 262 g/mol. The van der Waals surface area contributed by atoms with Gasteiger partial charge in [-0.05, 0) is 18.8 Å². The lowest BCUT2D eigenvalue weighted by Crippen LogP contribution is -2.34. The van der Waals surface area contributed by atoms with Gasteiger partial charge in [-0.3, -0.25) is 0 Å². The molecular formula is C15H26N4. The highest BCUT2D eigenvalue weighted by Crippen LogP contribution is 2.27. The van der Waals surface area contributed by atoms with E-state index >= 15 is 0 Å². The highest BCUT2D eigenvalue weighted by Gasteiger charge is 2.21. The molecule has 0 radical (unpaired) electrons. The van der Waals surface area contributed by atoms with Crippen LogP contribution in [0.25, 0.3) is 0 Å². The molecule has 2 rings (SSSR count). The molecule has 2 heterocycles. The van der Waals surface area contributed by atoms with E-state index in [0.29, 0.717) is 12.5 Å². The van der Waals surface area contributed by atoms with Gasteiger partial charge >= 0.3 is 0 Å². The second-order valence-electron chi connectivity index (χ2n) is 5.76. The van der Waals surface area contributed by atoms with Crippen molar-refractivity contribution in [1.29, 1.82) is 0 Å². The smallest absolute Gasteiger partial charge is 0.131 e. The van der Waals surface area contributed by atoms with Crippen molar-refractivity contribution in [2.24, 2.45) is 11.7 Å². The maximum atomic E-state index is 5.86. The molecule has 2 N–H and O–H groups in total. The van der Waals surface area contributed by atoms with E-state index in [9.17, 15) is 0 Å². The van der Waals surface area contributed by atoms with Crippen molar-refractivity contribution in [3.63, 3.8) is 0 Å². The number of aromatic nitrogens is 2. The number of hydrogen-bond acceptors (Lipinski definition) is 4. The second kappa shape index (κ2) is 6.33. The molecule has 1 fully saturated rings. The first-order valence-corrected chi connectivity index (χ1v) is 7.46. The summed E-state index contributed by atoms with van der Waals surface area (Å²) < 4.78 is 0. The van der Waals surface area contributed by atoms with E-state index in [1.54, 1.807) is 0 Å². The van der Waals surface area contributed by atoms with Crippen molar-refractivity contribution < 1.29 is 0 Å². The Hall–Kier alpha value is -1.16. The van der Waals surface area contributed by atoms with Crippen molar-refractivity contribution in [3.8, 4) is 0 Å². The lowest BCUT2D eigenvalue weighted by molar-refractivity contribution is 0.394. The molecule has 4 nitrogen and oxygen atoms in total. The summed E-state index contributed by atoms with van der Waals surface area (Å²) >= 11 is 0. The molecule has 0 spiro atoms. The highest BCUT2D eigenvalue weighted by molar-refractivity contribution is 5.49. The highest BCUT2D eigenvalue weighted by atomic mass is 15.2. The van der Waals surface area contributed by atoms with E-state index in [1.807, 2.05) is 6.20 Å². The van der Waals surface area contributed by atoms with Gasteiger partial charge in [-0.25, -0.2) is 9.97 Å². The van der Waals surface area contributed by atoms with Crippen LogP contribution in [-0.4, -0.2) is 23.1 Å². The standard InChI is InChI=1S/C15H26N4/c1-4-12-5-7-19(8-6-12)14-10-17-15(11(2)3)18-13(14)9-16/h10-12H,4-9,16H2,1-3H3. The van der Waals surface area contributed by atoms with E-state index in [-0.39, 0.29) is 0 Å². The third-order valence-corrected chi connectivity index (χ3v) is 4.11. The second-order valence-corrected chi connectivity index (χ2v) is 5.76. The molecule has 1 aliphatic heterocycles. The van der Waals surface area contributed by atoms with Crippen LogP contribution in [0.3, 0.4) is 0 Å². The zero-order chi connectivity index (χ0) is 13.8. The number of anilines is 1. The topological polar surface area (TPSA) is 55.0 Å². The summed E-state index contributed by atoms with van der Waals surface area (Å²) in [5, 5.41) is 0. The van der Waals surface area contributed by atoms with Gasteiger partial charge in [-0.1, -0.05) is 27.2 Å². The summed E-state index contributed by atoms with van der Waals surface area (Å²) in [6.07, 6.45) is 5.80. The fraction of sp³-hybridized carbons (Fsp3) is 0.733. The molecule has 0 bridgehead atoms. The number of piperidine rings is 1. The number of hydrogen-bond donors (Lipinski definition) is 1. The predicted molar refractivity (Wildman–Crippen MR) is 79.2 cm³/mol. The van der Waals surface area contributed by atoms with E-state index in [0.717, 1.165) is 36.2 Å². The molecule has 0 saturated carbocycles. The van der Waals surface area contributed by atoms with Gasteiger partial charge < -0.3 is 10.6 Å². The molecule has 1 saturated heterocycles. The van der Waals surface area contributed by atoms with Gasteiger partial charge in [0.2, 0.25) is 0 Å². The Bertz CT molecular complexity index is 409. The quantitative estimate of drug-likeness (QED) is 0.906. The van der Waals surface area contributed by atoms with Gasteiger partial charge in [-0.2, -0.15) is 0 Å². The summed E-state index contributed by atoms with van der Waals surface area (Å²) in [5.41, 5.74) is 8.00. The summed E-state index contributed by atoms with van der Waals surface area (Å²) in [6.45, 7) is 9.22. The lowest BCUT2D eigenvalue weighted by atomic mass is 9.94. The molecule has 19 heavy (non-hydrogen) atoms. The first kappa shape index (κ1) is 14.3. The minimum Gasteiger partial charge on any atom is -0.369 e. The van der Waals surface area contributed by atoms with Crippen LogP contribution in [0.5, 0.6) is 0 Å². The first-order chi connectivity index (χ1) is 9.15. The number of rotatable bonds is 4. The molecular weight excluding hydrogens is 236 g/mol. The molecule has 0 aliphatic carbocycles. The number of nitrogens with two attached hydrogens (primary N) is 1. The van der Waals surface area contributed by atoms with Crippen LogP contribution in [0, 0.1) is 5.92 Å². The van der Waals surface area contributed by atoms with Crippen molar-refractivity contribution in [1.82, 2.24) is 9.97 Å². The SMILES string of the molecule is CCC1CCN(c2cnc(C(C)C)nc2CN)CC1. The minimum atomic E-state index is 0.352. The molecule has 1 aliphatic rings. The third kappa shape index (κ3) is 3.24. The molecule has 1 aromatic rings. The van der Waals surface area contributed by atoms with Crippen LogP contribution in [0.1, 0.15) is 57.5 Å². The molecule has 0 aromatic carbocycles.